The molecule has 0 saturated heterocycles. The molecule has 1 rings (SSSR count). The van der Waals surface area contributed by atoms with Crippen molar-refractivity contribution in [3.8, 4) is 11.5 Å². The lowest BCUT2D eigenvalue weighted by Gasteiger charge is -2.07. The number of benzene rings is 1. The molecule has 0 bridgehead atoms. The van der Waals surface area contributed by atoms with Crippen LogP contribution >= 0.6 is 0 Å². The molecule has 0 unspecified atom stereocenters. The second-order valence-corrected chi connectivity index (χ2v) is 6.65. The number of hydrogen-bond acceptors (Lipinski definition) is 4. The summed E-state index contributed by atoms with van der Waals surface area (Å²) in [7, 11) is 0. The summed E-state index contributed by atoms with van der Waals surface area (Å²) < 4.78 is 5.49. The maximum Gasteiger partial charge on any atom is 0.314 e. The van der Waals surface area contributed by atoms with Crippen LogP contribution in [-0.2, 0) is 0 Å². The third-order valence-electron chi connectivity index (χ3n) is 4.39. The Bertz CT molecular complexity index is 491. The van der Waals surface area contributed by atoms with Crippen molar-refractivity contribution in [3.63, 3.8) is 0 Å². The Kier molecular flexibility index (Phi) is 11.5. The molecule has 142 valence electrons. The standard InChI is InChI=1S/C20H33NO4/c1-2-3-4-5-6-7-8-9-10-11-12-13-16-25-20-15-14-18(22)17-19(20)21(23)24/h14-15,17,22H,2-13,16H2,1H3. The SMILES string of the molecule is CCCCCCCCCCCCCCOc1ccc(O)cc1[N+](=O)[O-]. The lowest BCUT2D eigenvalue weighted by atomic mass is 10.1. The largest absolute Gasteiger partial charge is 0.508 e. The lowest BCUT2D eigenvalue weighted by molar-refractivity contribution is -0.385. The number of hydrogen-bond donors (Lipinski definition) is 1. The van der Waals surface area contributed by atoms with Gasteiger partial charge in [0.25, 0.3) is 0 Å². The van der Waals surface area contributed by atoms with Crippen LogP contribution in [-0.4, -0.2) is 16.6 Å². The molecule has 0 spiro atoms. The fourth-order valence-corrected chi connectivity index (χ4v) is 2.90. The van der Waals surface area contributed by atoms with Gasteiger partial charge >= 0.3 is 5.69 Å². The van der Waals surface area contributed by atoms with Gasteiger partial charge in [-0.2, -0.15) is 0 Å². The van der Waals surface area contributed by atoms with Crippen LogP contribution in [0.4, 0.5) is 5.69 Å². The van der Waals surface area contributed by atoms with Crippen molar-refractivity contribution in [2.45, 2.75) is 84.0 Å². The zero-order chi connectivity index (χ0) is 18.3. The summed E-state index contributed by atoms with van der Waals surface area (Å²) in [6, 6.07) is 3.98. The van der Waals surface area contributed by atoms with Gasteiger partial charge in [0.15, 0.2) is 5.75 Å². The Labute approximate surface area is 151 Å². The van der Waals surface area contributed by atoms with Crippen molar-refractivity contribution in [1.29, 1.82) is 0 Å². The fourth-order valence-electron chi connectivity index (χ4n) is 2.90. The second kappa shape index (κ2) is 13.5. The van der Waals surface area contributed by atoms with Gasteiger partial charge in [0.05, 0.1) is 17.6 Å². The van der Waals surface area contributed by atoms with Gasteiger partial charge in [0, 0.05) is 0 Å². The maximum absolute atomic E-state index is 10.9. The lowest BCUT2D eigenvalue weighted by Crippen LogP contribution is -2.00. The Morgan fingerprint density at radius 2 is 1.44 bits per heavy atom. The van der Waals surface area contributed by atoms with E-state index >= 15 is 0 Å². The molecule has 0 heterocycles. The predicted molar refractivity (Wildman–Crippen MR) is 101 cm³/mol. The van der Waals surface area contributed by atoms with Gasteiger partial charge < -0.3 is 9.84 Å². The number of nitro groups is 1. The van der Waals surface area contributed by atoms with E-state index in [2.05, 4.69) is 6.92 Å². The Morgan fingerprint density at radius 1 is 0.920 bits per heavy atom. The summed E-state index contributed by atoms with van der Waals surface area (Å²) in [5, 5.41) is 20.2. The number of rotatable bonds is 15. The summed E-state index contributed by atoms with van der Waals surface area (Å²) in [6.45, 7) is 2.72. The molecule has 0 aliphatic carbocycles. The molecular weight excluding hydrogens is 318 g/mol. The van der Waals surface area contributed by atoms with Gasteiger partial charge in [-0.05, 0) is 18.6 Å². The van der Waals surface area contributed by atoms with E-state index in [0.29, 0.717) is 6.61 Å². The van der Waals surface area contributed by atoms with E-state index in [9.17, 15) is 15.2 Å². The van der Waals surface area contributed by atoms with Gasteiger partial charge in [-0.15, -0.1) is 0 Å². The number of phenols is 1. The average Bonchev–Trinajstić information content (AvgIpc) is 2.60. The average molecular weight is 351 g/mol. The fraction of sp³-hybridized carbons (Fsp3) is 0.700. The highest BCUT2D eigenvalue weighted by Gasteiger charge is 2.15. The first kappa shape index (κ1) is 21.3. The minimum atomic E-state index is -0.530. The Balaban J connectivity index is 2.00. The van der Waals surface area contributed by atoms with Crippen molar-refractivity contribution in [2.75, 3.05) is 6.61 Å². The van der Waals surface area contributed by atoms with E-state index < -0.39 is 4.92 Å². The number of ether oxygens (including phenoxy) is 1. The number of aromatic hydroxyl groups is 1. The molecule has 0 aliphatic rings. The number of nitro benzene ring substituents is 1. The normalized spacial score (nSPS) is 10.8. The van der Waals surface area contributed by atoms with Crippen LogP contribution < -0.4 is 4.74 Å². The molecule has 25 heavy (non-hydrogen) atoms. The molecule has 0 saturated carbocycles. The van der Waals surface area contributed by atoms with E-state index in [1.165, 1.54) is 76.3 Å². The van der Waals surface area contributed by atoms with Crippen molar-refractivity contribution >= 4 is 5.69 Å². The first-order valence-corrected chi connectivity index (χ1v) is 9.75. The van der Waals surface area contributed by atoms with E-state index in [4.69, 9.17) is 4.74 Å². The van der Waals surface area contributed by atoms with E-state index in [1.54, 1.807) is 0 Å². The molecule has 0 atom stereocenters. The zero-order valence-corrected chi connectivity index (χ0v) is 15.5. The van der Waals surface area contributed by atoms with Crippen LogP contribution in [0.5, 0.6) is 11.5 Å². The molecule has 0 fully saturated rings. The summed E-state index contributed by atoms with van der Waals surface area (Å²) in [5.74, 6) is 0.107. The molecule has 1 N–H and O–H groups in total. The summed E-state index contributed by atoms with van der Waals surface area (Å²) in [5.41, 5.74) is -0.182. The number of nitrogens with zero attached hydrogens (tertiary/aromatic N) is 1. The summed E-state index contributed by atoms with van der Waals surface area (Å²) in [4.78, 5) is 10.4. The molecule has 1 aromatic rings. The van der Waals surface area contributed by atoms with Gasteiger partial charge in [-0.1, -0.05) is 77.6 Å². The summed E-state index contributed by atoms with van der Waals surface area (Å²) in [6.07, 6.45) is 15.3. The van der Waals surface area contributed by atoms with Crippen molar-refractivity contribution in [3.05, 3.63) is 28.3 Å². The molecule has 5 heteroatoms. The predicted octanol–water partition coefficient (Wildman–Crippen LogP) is 6.38. The van der Waals surface area contributed by atoms with Gasteiger partial charge in [-0.25, -0.2) is 0 Å². The highest BCUT2D eigenvalue weighted by atomic mass is 16.6. The van der Waals surface area contributed by atoms with E-state index in [-0.39, 0.29) is 17.2 Å². The maximum atomic E-state index is 10.9. The van der Waals surface area contributed by atoms with Crippen LogP contribution in [0.15, 0.2) is 18.2 Å². The molecule has 0 aliphatic heterocycles. The minimum absolute atomic E-state index is 0.121. The third-order valence-corrected chi connectivity index (χ3v) is 4.39. The van der Waals surface area contributed by atoms with E-state index in [0.717, 1.165) is 18.9 Å². The van der Waals surface area contributed by atoms with Crippen LogP contribution in [0.3, 0.4) is 0 Å². The molecular formula is C20H33NO4. The monoisotopic (exact) mass is 351 g/mol. The molecule has 0 radical (unpaired) electrons. The molecule has 5 nitrogen and oxygen atoms in total. The van der Waals surface area contributed by atoms with Crippen LogP contribution in [0, 0.1) is 10.1 Å². The van der Waals surface area contributed by atoms with Gasteiger partial charge in [-0.3, -0.25) is 10.1 Å². The van der Waals surface area contributed by atoms with Crippen LogP contribution in [0.25, 0.3) is 0 Å². The van der Waals surface area contributed by atoms with Gasteiger partial charge in [0.1, 0.15) is 5.75 Å². The minimum Gasteiger partial charge on any atom is -0.508 e. The molecule has 0 aromatic heterocycles. The number of phenolic OH excluding ortho intramolecular Hbond substituents is 1. The first-order valence-electron chi connectivity index (χ1n) is 9.75. The highest BCUT2D eigenvalue weighted by molar-refractivity contribution is 5.50. The quantitative estimate of drug-likeness (QED) is 0.226. The third kappa shape index (κ3) is 9.95. The first-order chi connectivity index (χ1) is 12.1. The Hall–Kier alpha value is -1.78. The van der Waals surface area contributed by atoms with Crippen LogP contribution in [0.1, 0.15) is 84.0 Å². The van der Waals surface area contributed by atoms with Gasteiger partial charge in [0.2, 0.25) is 0 Å². The zero-order valence-electron chi connectivity index (χ0n) is 15.5. The van der Waals surface area contributed by atoms with Crippen molar-refractivity contribution in [2.24, 2.45) is 0 Å². The molecule has 0 amide bonds. The van der Waals surface area contributed by atoms with E-state index in [1.807, 2.05) is 0 Å². The number of unbranched alkanes of at least 4 members (excludes halogenated alkanes) is 11. The van der Waals surface area contributed by atoms with Crippen LogP contribution in [0.2, 0.25) is 0 Å². The van der Waals surface area contributed by atoms with Crippen molar-refractivity contribution in [1.82, 2.24) is 0 Å². The smallest absolute Gasteiger partial charge is 0.314 e. The summed E-state index contributed by atoms with van der Waals surface area (Å²) >= 11 is 0. The Morgan fingerprint density at radius 3 is 1.96 bits per heavy atom. The van der Waals surface area contributed by atoms with Crippen molar-refractivity contribution < 1.29 is 14.8 Å². The molecule has 1 aromatic carbocycles. The topological polar surface area (TPSA) is 72.6 Å². The highest BCUT2D eigenvalue weighted by Crippen LogP contribution is 2.30. The second-order valence-electron chi connectivity index (χ2n) is 6.65.